The van der Waals surface area contributed by atoms with E-state index < -0.39 is 0 Å². The van der Waals surface area contributed by atoms with E-state index in [9.17, 15) is 0 Å². The van der Waals surface area contributed by atoms with E-state index in [2.05, 4.69) is 73.1 Å². The molecule has 28 heavy (non-hydrogen) atoms. The number of benzene rings is 3. The van der Waals surface area contributed by atoms with Gasteiger partial charge in [0.25, 0.3) is 0 Å². The largest absolute Gasteiger partial charge is 0.489 e. The highest BCUT2D eigenvalue weighted by molar-refractivity contribution is 5.76. The first-order chi connectivity index (χ1) is 13.7. The van der Waals surface area contributed by atoms with Crippen molar-refractivity contribution >= 4 is 23.5 Å². The molecule has 0 spiro atoms. The van der Waals surface area contributed by atoms with E-state index in [0.29, 0.717) is 6.61 Å². The molecule has 1 N–H and O–H groups in total. The van der Waals surface area contributed by atoms with Crippen LogP contribution in [0.3, 0.4) is 0 Å². The van der Waals surface area contributed by atoms with Crippen LogP contribution in [0.1, 0.15) is 22.3 Å². The predicted octanol–water partition coefficient (Wildman–Crippen LogP) is 6.81. The molecule has 0 aromatic heterocycles. The van der Waals surface area contributed by atoms with Gasteiger partial charge in [-0.25, -0.2) is 0 Å². The molecule has 0 heterocycles. The lowest BCUT2D eigenvalue weighted by Crippen LogP contribution is -1.96. The van der Waals surface area contributed by atoms with Gasteiger partial charge in [-0.05, 0) is 47.4 Å². The van der Waals surface area contributed by atoms with Crippen molar-refractivity contribution in [2.24, 2.45) is 0 Å². The molecule has 0 fully saturated rings. The molecule has 3 aromatic carbocycles. The van der Waals surface area contributed by atoms with Gasteiger partial charge < -0.3 is 10.1 Å². The third-order valence-electron chi connectivity index (χ3n) is 4.37. The fraction of sp³-hybridized carbons (Fsp3) is 0.0769. The molecule has 0 amide bonds. The van der Waals surface area contributed by atoms with Crippen LogP contribution in [0.2, 0.25) is 0 Å². The Labute approximate surface area is 167 Å². The van der Waals surface area contributed by atoms with Crippen molar-refractivity contribution in [1.29, 1.82) is 0 Å². The highest BCUT2D eigenvalue weighted by Gasteiger charge is 2.00. The van der Waals surface area contributed by atoms with E-state index in [-0.39, 0.29) is 0 Å². The van der Waals surface area contributed by atoms with Crippen LogP contribution in [0.25, 0.3) is 17.8 Å². The van der Waals surface area contributed by atoms with E-state index in [4.69, 9.17) is 4.74 Å². The van der Waals surface area contributed by atoms with Crippen molar-refractivity contribution < 1.29 is 4.74 Å². The molecule has 0 aliphatic heterocycles. The van der Waals surface area contributed by atoms with Crippen LogP contribution in [0.15, 0.2) is 92.0 Å². The zero-order valence-electron chi connectivity index (χ0n) is 16.2. The molecule has 0 aliphatic carbocycles. The van der Waals surface area contributed by atoms with Gasteiger partial charge in [0, 0.05) is 11.4 Å². The summed E-state index contributed by atoms with van der Waals surface area (Å²) in [6, 6.07) is 24.6. The van der Waals surface area contributed by atoms with E-state index in [1.807, 2.05) is 37.3 Å². The maximum absolute atomic E-state index is 5.70. The quantitative estimate of drug-likeness (QED) is 0.349. The summed E-state index contributed by atoms with van der Waals surface area (Å²) in [6.45, 7) is 10.4. The van der Waals surface area contributed by atoms with Gasteiger partial charge in [-0.3, -0.25) is 0 Å². The minimum absolute atomic E-state index is 0.511. The SMILES string of the molecule is C=CCOc1cc(/C=C/c2ccc(NC(=C)c3ccccc3)cc2)ccc1C. The Morgan fingerprint density at radius 2 is 1.61 bits per heavy atom. The predicted molar refractivity (Wildman–Crippen MR) is 121 cm³/mol. The maximum atomic E-state index is 5.70. The second-order valence-corrected chi connectivity index (χ2v) is 6.55. The molecule has 0 saturated heterocycles. The molecule has 0 aliphatic rings. The number of ether oxygens (including phenoxy) is 1. The zero-order valence-corrected chi connectivity index (χ0v) is 16.2. The molecular formula is C26H25NO. The molecule has 3 aromatic rings. The summed E-state index contributed by atoms with van der Waals surface area (Å²) in [7, 11) is 0. The van der Waals surface area contributed by atoms with Crippen LogP contribution in [-0.4, -0.2) is 6.61 Å². The summed E-state index contributed by atoms with van der Waals surface area (Å²) in [5.41, 5.74) is 6.33. The summed E-state index contributed by atoms with van der Waals surface area (Å²) in [6.07, 6.45) is 5.94. The highest BCUT2D eigenvalue weighted by atomic mass is 16.5. The lowest BCUT2D eigenvalue weighted by atomic mass is 10.1. The van der Waals surface area contributed by atoms with Crippen molar-refractivity contribution in [3.63, 3.8) is 0 Å². The number of aryl methyl sites for hydroxylation is 1. The lowest BCUT2D eigenvalue weighted by Gasteiger charge is -2.10. The Balaban J connectivity index is 1.65. The molecule has 2 heteroatoms. The average Bonchev–Trinajstić information content (AvgIpc) is 2.74. The van der Waals surface area contributed by atoms with Crippen LogP contribution in [0.5, 0.6) is 5.75 Å². The van der Waals surface area contributed by atoms with E-state index in [1.54, 1.807) is 6.08 Å². The van der Waals surface area contributed by atoms with Crippen LogP contribution in [-0.2, 0) is 0 Å². The second-order valence-electron chi connectivity index (χ2n) is 6.55. The molecule has 0 radical (unpaired) electrons. The van der Waals surface area contributed by atoms with E-state index in [0.717, 1.165) is 39.4 Å². The minimum Gasteiger partial charge on any atom is -0.489 e. The highest BCUT2D eigenvalue weighted by Crippen LogP contribution is 2.22. The summed E-state index contributed by atoms with van der Waals surface area (Å²) in [4.78, 5) is 0. The summed E-state index contributed by atoms with van der Waals surface area (Å²) in [5.74, 6) is 0.890. The standard InChI is InChI=1S/C26H25NO/c1-4-18-28-26-19-23(11-10-20(26)2)13-12-22-14-16-25(17-15-22)27-21(3)24-8-6-5-7-9-24/h4-17,19,27H,1,3,18H2,2H3/b13-12+. The molecule has 140 valence electrons. The van der Waals surface area contributed by atoms with Gasteiger partial charge >= 0.3 is 0 Å². The van der Waals surface area contributed by atoms with Gasteiger partial charge in [0.15, 0.2) is 0 Å². The van der Waals surface area contributed by atoms with Gasteiger partial charge in [-0.2, -0.15) is 0 Å². The normalized spacial score (nSPS) is 10.6. The van der Waals surface area contributed by atoms with Gasteiger partial charge in [-0.1, -0.05) is 86.0 Å². The van der Waals surface area contributed by atoms with Gasteiger partial charge in [-0.15, -0.1) is 0 Å². The van der Waals surface area contributed by atoms with E-state index in [1.165, 1.54) is 0 Å². The first-order valence-corrected chi connectivity index (χ1v) is 9.29. The van der Waals surface area contributed by atoms with Crippen molar-refractivity contribution in [2.45, 2.75) is 6.92 Å². The summed E-state index contributed by atoms with van der Waals surface area (Å²) in [5, 5.41) is 3.35. The van der Waals surface area contributed by atoms with Crippen molar-refractivity contribution in [3.8, 4) is 5.75 Å². The lowest BCUT2D eigenvalue weighted by molar-refractivity contribution is 0.360. The number of hydrogen-bond acceptors (Lipinski definition) is 2. The molecule has 0 unspecified atom stereocenters. The van der Waals surface area contributed by atoms with Crippen LogP contribution in [0.4, 0.5) is 5.69 Å². The van der Waals surface area contributed by atoms with Crippen molar-refractivity contribution in [3.05, 3.63) is 114 Å². The first-order valence-electron chi connectivity index (χ1n) is 9.29. The fourth-order valence-corrected chi connectivity index (χ4v) is 2.78. The number of anilines is 1. The molecular weight excluding hydrogens is 342 g/mol. The molecule has 0 atom stereocenters. The third-order valence-corrected chi connectivity index (χ3v) is 4.37. The Kier molecular flexibility index (Phi) is 6.48. The second kappa shape index (κ2) is 9.43. The first kappa shape index (κ1) is 19.2. The number of nitrogens with one attached hydrogen (secondary N) is 1. The Bertz CT molecular complexity index is 969. The molecule has 0 bridgehead atoms. The van der Waals surface area contributed by atoms with Crippen LogP contribution >= 0.6 is 0 Å². The average molecular weight is 367 g/mol. The zero-order chi connectivity index (χ0) is 19.8. The van der Waals surface area contributed by atoms with Gasteiger partial charge in [0.05, 0.1) is 0 Å². The minimum atomic E-state index is 0.511. The molecule has 0 saturated carbocycles. The van der Waals surface area contributed by atoms with Crippen molar-refractivity contribution in [2.75, 3.05) is 11.9 Å². The Morgan fingerprint density at radius 3 is 2.32 bits per heavy atom. The number of rotatable bonds is 8. The maximum Gasteiger partial charge on any atom is 0.123 e. The Morgan fingerprint density at radius 1 is 0.929 bits per heavy atom. The molecule has 2 nitrogen and oxygen atoms in total. The van der Waals surface area contributed by atoms with Gasteiger partial charge in [0.2, 0.25) is 0 Å². The Hall–Kier alpha value is -3.52. The summed E-state index contributed by atoms with van der Waals surface area (Å²) >= 11 is 0. The topological polar surface area (TPSA) is 21.3 Å². The van der Waals surface area contributed by atoms with E-state index >= 15 is 0 Å². The summed E-state index contributed by atoms with van der Waals surface area (Å²) < 4.78 is 5.70. The molecule has 3 rings (SSSR count). The van der Waals surface area contributed by atoms with Crippen LogP contribution < -0.4 is 10.1 Å². The van der Waals surface area contributed by atoms with Crippen molar-refractivity contribution in [1.82, 2.24) is 0 Å². The van der Waals surface area contributed by atoms with Crippen LogP contribution in [0, 0.1) is 6.92 Å². The fourth-order valence-electron chi connectivity index (χ4n) is 2.78. The third kappa shape index (κ3) is 5.24. The van der Waals surface area contributed by atoms with Gasteiger partial charge in [0.1, 0.15) is 12.4 Å². The smallest absolute Gasteiger partial charge is 0.123 e. The number of hydrogen-bond donors (Lipinski definition) is 1. The monoisotopic (exact) mass is 367 g/mol.